The molecule has 0 unspecified atom stereocenters. The molecule has 0 aromatic rings. The van der Waals surface area contributed by atoms with Gasteiger partial charge in [0, 0.05) is 11.8 Å². The summed E-state index contributed by atoms with van der Waals surface area (Å²) < 4.78 is -1.48. The minimum Gasteiger partial charge on any atom is -0.118 e. The molecule has 3 rings (SSSR count). The van der Waals surface area contributed by atoms with E-state index in [4.69, 9.17) is 81.2 Å². The summed E-state index contributed by atoms with van der Waals surface area (Å²) in [5, 5.41) is 0.113. The zero-order chi connectivity index (χ0) is 12.8. The van der Waals surface area contributed by atoms with E-state index in [1.807, 2.05) is 12.2 Å². The van der Waals surface area contributed by atoms with Gasteiger partial charge in [0.2, 0.25) is 0 Å². The van der Waals surface area contributed by atoms with Gasteiger partial charge in [-0.05, 0) is 0 Å². The molecule has 0 aliphatic heterocycles. The summed E-state index contributed by atoms with van der Waals surface area (Å²) in [6, 6.07) is 0. The van der Waals surface area contributed by atoms with Gasteiger partial charge < -0.3 is 0 Å². The fourth-order valence-corrected chi connectivity index (χ4v) is 6.60. The molecule has 0 amide bonds. The molecule has 0 saturated heterocycles. The fraction of sp³-hybridized carbons (Fsp3) is 0.600. The van der Waals surface area contributed by atoms with Crippen molar-refractivity contribution in [1.82, 2.24) is 0 Å². The molecule has 3 aliphatic carbocycles. The van der Waals surface area contributed by atoms with Gasteiger partial charge in [-0.1, -0.05) is 58.6 Å². The van der Waals surface area contributed by atoms with Crippen LogP contribution >= 0.6 is 81.2 Å². The Kier molecular flexibility index (Phi) is 2.84. The van der Waals surface area contributed by atoms with Gasteiger partial charge in [0.1, 0.15) is 9.75 Å². The number of rotatable bonds is 0. The molecule has 0 spiro atoms. The molecule has 0 aromatic carbocycles. The first-order valence-corrected chi connectivity index (χ1v) is 7.55. The van der Waals surface area contributed by atoms with E-state index in [9.17, 15) is 0 Å². The first-order chi connectivity index (χ1) is 7.70. The largest absolute Gasteiger partial charge is 0.167 e. The van der Waals surface area contributed by atoms with Crippen LogP contribution in [0.1, 0.15) is 0 Å². The molecule has 1 fully saturated rings. The maximum absolute atomic E-state index is 6.57. The van der Waals surface area contributed by atoms with Crippen LogP contribution in [0, 0.1) is 11.8 Å². The van der Waals surface area contributed by atoms with Crippen molar-refractivity contribution in [3.05, 3.63) is 22.2 Å². The standard InChI is InChI=1S/C10H5Cl7/c11-4-2-1-3-5(4)9(15)7(13)6(12)8(3,14)10(9,16)17/h1-5H/t3-,4-,5+,8-,9+/m1/s1. The molecule has 3 aliphatic rings. The molecule has 0 heterocycles. The Labute approximate surface area is 134 Å². The third-order valence-corrected chi connectivity index (χ3v) is 8.61. The van der Waals surface area contributed by atoms with E-state index in [1.165, 1.54) is 0 Å². The summed E-state index contributed by atoms with van der Waals surface area (Å²) in [4.78, 5) is -2.45. The fourth-order valence-electron chi connectivity index (χ4n) is 3.08. The number of hydrogen-bond donors (Lipinski definition) is 0. The summed E-state index contributed by atoms with van der Waals surface area (Å²) in [6.45, 7) is 0. The van der Waals surface area contributed by atoms with Crippen molar-refractivity contribution in [3.63, 3.8) is 0 Å². The monoisotopic (exact) mass is 370 g/mol. The molecule has 0 N–H and O–H groups in total. The smallest absolute Gasteiger partial charge is 0.118 e. The van der Waals surface area contributed by atoms with E-state index in [1.54, 1.807) is 0 Å². The highest BCUT2D eigenvalue weighted by Crippen LogP contribution is 2.78. The Morgan fingerprint density at radius 1 is 0.882 bits per heavy atom. The Balaban J connectivity index is 2.32. The van der Waals surface area contributed by atoms with Crippen LogP contribution in [0.4, 0.5) is 0 Å². The summed E-state index contributed by atoms with van der Waals surface area (Å²) in [5.74, 6) is -0.470. The first-order valence-electron chi connectivity index (χ1n) is 4.85. The quantitative estimate of drug-likeness (QED) is 0.402. The lowest BCUT2D eigenvalue weighted by Crippen LogP contribution is -2.45. The van der Waals surface area contributed by atoms with Crippen molar-refractivity contribution in [2.24, 2.45) is 11.8 Å². The molecule has 0 nitrogen and oxygen atoms in total. The molecule has 94 valence electrons. The molecule has 0 radical (unpaired) electrons. The normalized spacial score (nSPS) is 54.6. The van der Waals surface area contributed by atoms with Crippen molar-refractivity contribution in [2.75, 3.05) is 0 Å². The van der Waals surface area contributed by atoms with E-state index < -0.39 is 14.1 Å². The molecule has 17 heavy (non-hydrogen) atoms. The molecular formula is C10H5Cl7. The first kappa shape index (κ1) is 13.5. The second kappa shape index (κ2) is 3.58. The van der Waals surface area contributed by atoms with E-state index in [0.29, 0.717) is 0 Å². The van der Waals surface area contributed by atoms with Gasteiger partial charge in [-0.15, -0.1) is 34.8 Å². The van der Waals surface area contributed by atoms with Gasteiger partial charge in [0.25, 0.3) is 0 Å². The third-order valence-electron chi connectivity index (χ3n) is 3.90. The molecule has 0 aromatic heterocycles. The predicted octanol–water partition coefficient (Wildman–Crippen LogP) is 5.24. The highest BCUT2D eigenvalue weighted by atomic mass is 35.5. The summed E-state index contributed by atoms with van der Waals surface area (Å²) >= 11 is 44.5. The average Bonchev–Trinajstić information content (AvgIpc) is 2.73. The number of halogens is 7. The Hall–Kier alpha value is 1.51. The zero-order valence-corrected chi connectivity index (χ0v) is 13.3. The van der Waals surface area contributed by atoms with Crippen LogP contribution in [0.15, 0.2) is 22.2 Å². The van der Waals surface area contributed by atoms with Crippen molar-refractivity contribution < 1.29 is 0 Å². The topological polar surface area (TPSA) is 0 Å². The molecule has 1 saturated carbocycles. The summed E-state index contributed by atoms with van der Waals surface area (Å²) in [7, 11) is 0. The van der Waals surface area contributed by atoms with Gasteiger partial charge in [0.05, 0.1) is 15.4 Å². The van der Waals surface area contributed by atoms with Crippen molar-refractivity contribution >= 4 is 81.2 Å². The predicted molar refractivity (Wildman–Crippen MR) is 76.1 cm³/mol. The van der Waals surface area contributed by atoms with Crippen LogP contribution in [-0.2, 0) is 0 Å². The van der Waals surface area contributed by atoms with Gasteiger partial charge in [0.15, 0.2) is 4.33 Å². The number of alkyl halides is 5. The highest BCUT2D eigenvalue weighted by molar-refractivity contribution is 6.66. The van der Waals surface area contributed by atoms with Gasteiger partial charge in [-0.2, -0.15) is 0 Å². The number of fused-ring (bicyclic) bond motifs is 5. The number of hydrogen-bond acceptors (Lipinski definition) is 0. The lowest BCUT2D eigenvalue weighted by Gasteiger charge is -2.34. The van der Waals surface area contributed by atoms with Gasteiger partial charge in [-0.25, -0.2) is 0 Å². The van der Waals surface area contributed by atoms with E-state index >= 15 is 0 Å². The van der Waals surface area contributed by atoms with E-state index in [-0.39, 0.29) is 27.3 Å². The van der Waals surface area contributed by atoms with Crippen LogP contribution in [0.5, 0.6) is 0 Å². The maximum atomic E-state index is 6.57. The molecule has 2 bridgehead atoms. The Morgan fingerprint density at radius 2 is 1.41 bits per heavy atom. The minimum atomic E-state index is -1.48. The molecular weight excluding hydrogens is 368 g/mol. The lowest BCUT2D eigenvalue weighted by atomic mass is 9.84. The number of allylic oxidation sites excluding steroid dienone is 4. The minimum absolute atomic E-state index is 0.205. The van der Waals surface area contributed by atoms with Crippen LogP contribution in [0.25, 0.3) is 0 Å². The Bertz CT molecular complexity index is 467. The van der Waals surface area contributed by atoms with Crippen LogP contribution in [0.3, 0.4) is 0 Å². The zero-order valence-electron chi connectivity index (χ0n) is 8.03. The van der Waals surface area contributed by atoms with Gasteiger partial charge in [-0.3, -0.25) is 0 Å². The van der Waals surface area contributed by atoms with Crippen LogP contribution in [-0.4, -0.2) is 19.5 Å². The summed E-state index contributed by atoms with van der Waals surface area (Å²) in [5.41, 5.74) is 0. The second-order valence-electron chi connectivity index (χ2n) is 4.51. The van der Waals surface area contributed by atoms with Crippen molar-refractivity contribution in [3.8, 4) is 0 Å². The molecule has 5 atom stereocenters. The third kappa shape index (κ3) is 1.15. The SMILES string of the molecule is ClC1=C(Cl)[C@]2(Cl)[C@@H]3C=C[C@@H](Cl)[C@H]3[C@@]1(Cl)C2(Cl)Cl. The summed E-state index contributed by atoms with van der Waals surface area (Å²) in [6.07, 6.45) is 3.69. The second-order valence-corrected chi connectivity index (χ2v) is 8.29. The average molecular weight is 373 g/mol. The molecule has 7 heteroatoms. The van der Waals surface area contributed by atoms with Crippen molar-refractivity contribution in [2.45, 2.75) is 19.5 Å². The maximum Gasteiger partial charge on any atom is 0.167 e. The lowest BCUT2D eigenvalue weighted by molar-refractivity contribution is 0.420. The van der Waals surface area contributed by atoms with Crippen LogP contribution < -0.4 is 0 Å². The highest BCUT2D eigenvalue weighted by Gasteiger charge is 2.83. The Morgan fingerprint density at radius 3 is 2.00 bits per heavy atom. The van der Waals surface area contributed by atoms with Crippen LogP contribution in [0.2, 0.25) is 0 Å². The van der Waals surface area contributed by atoms with E-state index in [0.717, 1.165) is 0 Å². The van der Waals surface area contributed by atoms with Crippen molar-refractivity contribution in [1.29, 1.82) is 0 Å². The van der Waals surface area contributed by atoms with E-state index in [2.05, 4.69) is 0 Å². The van der Waals surface area contributed by atoms with Gasteiger partial charge >= 0.3 is 0 Å².